The normalized spacial score (nSPS) is 16.8. The van der Waals surface area contributed by atoms with E-state index in [-0.39, 0.29) is 23.2 Å². The number of ether oxygens (including phenoxy) is 1. The van der Waals surface area contributed by atoms with Gasteiger partial charge in [-0.25, -0.2) is 9.37 Å². The average molecular weight is 397 g/mol. The molecule has 1 aromatic heterocycles. The van der Waals surface area contributed by atoms with E-state index in [1.807, 2.05) is 0 Å². The minimum absolute atomic E-state index is 0.172. The smallest absolute Gasteiger partial charge is 0.417 e. The number of nitrogens with zero attached hydrogens (tertiary/aromatic N) is 1. The third-order valence-electron chi connectivity index (χ3n) is 4.44. The molecule has 2 heterocycles. The zero-order chi connectivity index (χ0) is 20.1. The summed E-state index contributed by atoms with van der Waals surface area (Å²) >= 11 is 0. The van der Waals surface area contributed by atoms with Gasteiger partial charge in [0.05, 0.1) is 5.56 Å². The molecule has 28 heavy (non-hydrogen) atoms. The number of hydrogen-bond acceptors (Lipinski definition) is 4. The van der Waals surface area contributed by atoms with Crippen LogP contribution in [0.4, 0.5) is 23.2 Å². The number of aromatic nitrogens is 1. The summed E-state index contributed by atoms with van der Waals surface area (Å²) in [5, 5.41) is 5.86. The number of amides is 1. The van der Waals surface area contributed by atoms with Crippen LogP contribution < -0.4 is 15.4 Å². The second-order valence-electron chi connectivity index (χ2n) is 6.58. The summed E-state index contributed by atoms with van der Waals surface area (Å²) in [6.45, 7) is 1.87. The molecule has 1 fully saturated rings. The van der Waals surface area contributed by atoms with Gasteiger partial charge in [0, 0.05) is 30.4 Å². The highest BCUT2D eigenvalue weighted by Crippen LogP contribution is 2.31. The number of rotatable bonds is 6. The van der Waals surface area contributed by atoms with Crippen LogP contribution in [-0.2, 0) is 11.0 Å². The van der Waals surface area contributed by atoms with Gasteiger partial charge in [0.1, 0.15) is 0 Å². The summed E-state index contributed by atoms with van der Waals surface area (Å²) in [6.07, 6.45) is -1.73. The van der Waals surface area contributed by atoms with Crippen LogP contribution in [0.3, 0.4) is 0 Å². The molecule has 1 aliphatic rings. The molecule has 1 aromatic carbocycles. The monoisotopic (exact) mass is 397 g/mol. The van der Waals surface area contributed by atoms with Gasteiger partial charge in [-0.05, 0) is 50.0 Å². The largest absolute Gasteiger partial charge is 0.436 e. The van der Waals surface area contributed by atoms with Gasteiger partial charge in [0.25, 0.3) is 0 Å². The lowest BCUT2D eigenvalue weighted by Crippen LogP contribution is -2.15. The molecule has 2 aromatic rings. The van der Waals surface area contributed by atoms with Crippen molar-refractivity contribution in [3.8, 4) is 11.6 Å². The van der Waals surface area contributed by atoms with Crippen LogP contribution in [0, 0.1) is 11.7 Å². The molecule has 0 saturated carbocycles. The Morgan fingerprint density at radius 3 is 2.71 bits per heavy atom. The molecule has 0 spiro atoms. The first-order chi connectivity index (χ1) is 13.3. The summed E-state index contributed by atoms with van der Waals surface area (Å²) in [7, 11) is 0. The molecule has 1 unspecified atom stereocenters. The van der Waals surface area contributed by atoms with Crippen molar-refractivity contribution in [2.75, 3.05) is 18.4 Å². The molecule has 0 aliphatic carbocycles. The Morgan fingerprint density at radius 1 is 1.29 bits per heavy atom. The highest BCUT2D eigenvalue weighted by molar-refractivity contribution is 5.90. The molecule has 150 valence electrons. The van der Waals surface area contributed by atoms with Gasteiger partial charge in [-0.1, -0.05) is 0 Å². The number of anilines is 1. The third kappa shape index (κ3) is 5.41. The van der Waals surface area contributed by atoms with E-state index >= 15 is 0 Å². The third-order valence-corrected chi connectivity index (χ3v) is 4.44. The number of pyridine rings is 1. The van der Waals surface area contributed by atoms with E-state index in [2.05, 4.69) is 15.6 Å². The lowest BCUT2D eigenvalue weighted by atomic mass is 10.0. The van der Waals surface area contributed by atoms with Crippen molar-refractivity contribution in [1.82, 2.24) is 10.3 Å². The van der Waals surface area contributed by atoms with Gasteiger partial charge < -0.3 is 15.4 Å². The Bertz CT molecular complexity index is 819. The number of halogens is 4. The Kier molecular flexibility index (Phi) is 6.13. The summed E-state index contributed by atoms with van der Waals surface area (Å²) in [4.78, 5) is 15.5. The minimum Gasteiger partial charge on any atom is -0.436 e. The quantitative estimate of drug-likeness (QED) is 0.711. The fourth-order valence-electron chi connectivity index (χ4n) is 2.90. The van der Waals surface area contributed by atoms with Gasteiger partial charge in [0.15, 0.2) is 11.6 Å². The maximum absolute atomic E-state index is 14.2. The molecule has 3 rings (SSSR count). The zero-order valence-corrected chi connectivity index (χ0v) is 14.9. The van der Waals surface area contributed by atoms with Crippen molar-refractivity contribution in [2.24, 2.45) is 5.92 Å². The first-order valence-electron chi connectivity index (χ1n) is 8.82. The van der Waals surface area contributed by atoms with Crippen molar-refractivity contribution in [1.29, 1.82) is 0 Å². The maximum Gasteiger partial charge on any atom is 0.417 e. The highest BCUT2D eigenvalue weighted by atomic mass is 19.4. The van der Waals surface area contributed by atoms with Gasteiger partial charge in [-0.15, -0.1) is 0 Å². The van der Waals surface area contributed by atoms with E-state index in [1.54, 1.807) is 0 Å². The minimum atomic E-state index is -4.51. The predicted octanol–water partition coefficient (Wildman–Crippen LogP) is 4.36. The Hall–Kier alpha value is -2.68. The van der Waals surface area contributed by atoms with E-state index < -0.39 is 17.6 Å². The van der Waals surface area contributed by atoms with Crippen LogP contribution in [-0.4, -0.2) is 24.0 Å². The first-order valence-corrected chi connectivity index (χ1v) is 8.82. The van der Waals surface area contributed by atoms with Gasteiger partial charge in [-0.3, -0.25) is 4.79 Å². The molecule has 9 heteroatoms. The van der Waals surface area contributed by atoms with Gasteiger partial charge in [0.2, 0.25) is 11.8 Å². The zero-order valence-electron chi connectivity index (χ0n) is 14.9. The first kappa shape index (κ1) is 20.1. The van der Waals surface area contributed by atoms with Gasteiger partial charge in [-0.2, -0.15) is 13.2 Å². The molecule has 1 saturated heterocycles. The summed E-state index contributed by atoms with van der Waals surface area (Å²) < 4.78 is 56.9. The fourth-order valence-corrected chi connectivity index (χ4v) is 2.90. The topological polar surface area (TPSA) is 63.2 Å². The van der Waals surface area contributed by atoms with Crippen LogP contribution >= 0.6 is 0 Å². The summed E-state index contributed by atoms with van der Waals surface area (Å²) in [6, 6.07) is 5.64. The maximum atomic E-state index is 14.2. The number of benzene rings is 1. The van der Waals surface area contributed by atoms with Gasteiger partial charge >= 0.3 is 6.18 Å². The average Bonchev–Trinajstić information content (AvgIpc) is 3.16. The molecular weight excluding hydrogens is 378 g/mol. The second kappa shape index (κ2) is 8.55. The van der Waals surface area contributed by atoms with E-state index in [4.69, 9.17) is 4.74 Å². The predicted molar refractivity (Wildman–Crippen MR) is 94.6 cm³/mol. The van der Waals surface area contributed by atoms with E-state index in [0.29, 0.717) is 18.5 Å². The van der Waals surface area contributed by atoms with Crippen molar-refractivity contribution in [2.45, 2.75) is 25.4 Å². The van der Waals surface area contributed by atoms with Crippen molar-refractivity contribution < 1.29 is 27.1 Å². The standard InChI is InChI=1S/C19H19F4N3O2/c20-15-9-14(26-17(27)5-1-12-7-8-24-10-12)3-4-16(15)28-18-6-2-13(11-25-18)19(21,22)23/h2-4,6,9,11-12,24H,1,5,7-8,10H2,(H,26,27). The highest BCUT2D eigenvalue weighted by Gasteiger charge is 2.30. The SMILES string of the molecule is O=C(CCC1CCNC1)Nc1ccc(Oc2ccc(C(F)(F)F)cn2)c(F)c1. The Balaban J connectivity index is 1.56. The summed E-state index contributed by atoms with van der Waals surface area (Å²) in [5.74, 6) is -0.866. The number of nitrogens with one attached hydrogen (secondary N) is 2. The lowest BCUT2D eigenvalue weighted by molar-refractivity contribution is -0.137. The van der Waals surface area contributed by atoms with Crippen LogP contribution in [0.1, 0.15) is 24.8 Å². The summed E-state index contributed by atoms with van der Waals surface area (Å²) in [5.41, 5.74) is -0.647. The molecule has 1 atom stereocenters. The molecule has 0 bridgehead atoms. The number of alkyl halides is 3. The van der Waals surface area contributed by atoms with Crippen molar-refractivity contribution >= 4 is 11.6 Å². The van der Waals surface area contributed by atoms with Crippen LogP contribution in [0.25, 0.3) is 0 Å². The Labute approximate surface area is 159 Å². The van der Waals surface area contributed by atoms with E-state index in [9.17, 15) is 22.4 Å². The fraction of sp³-hybridized carbons (Fsp3) is 0.368. The molecule has 2 N–H and O–H groups in total. The molecule has 1 amide bonds. The molecule has 0 radical (unpaired) electrons. The second-order valence-corrected chi connectivity index (χ2v) is 6.58. The van der Waals surface area contributed by atoms with Crippen LogP contribution in [0.2, 0.25) is 0 Å². The Morgan fingerprint density at radius 2 is 2.11 bits per heavy atom. The molecular formula is C19H19F4N3O2. The molecule has 5 nitrogen and oxygen atoms in total. The number of hydrogen-bond donors (Lipinski definition) is 2. The lowest BCUT2D eigenvalue weighted by Gasteiger charge is -2.11. The van der Waals surface area contributed by atoms with Crippen molar-refractivity contribution in [3.63, 3.8) is 0 Å². The molecule has 1 aliphatic heterocycles. The van der Waals surface area contributed by atoms with E-state index in [0.717, 1.165) is 44.1 Å². The number of carbonyl (C=O) groups is 1. The van der Waals surface area contributed by atoms with Crippen LogP contribution in [0.15, 0.2) is 36.5 Å². The number of carbonyl (C=O) groups excluding carboxylic acids is 1. The van der Waals surface area contributed by atoms with Crippen LogP contribution in [0.5, 0.6) is 11.6 Å². The van der Waals surface area contributed by atoms with E-state index in [1.165, 1.54) is 12.1 Å². The van der Waals surface area contributed by atoms with Crippen molar-refractivity contribution in [3.05, 3.63) is 47.9 Å².